The molecule has 8 heteroatoms. The van der Waals surface area contributed by atoms with Gasteiger partial charge in [-0.3, -0.25) is 24.1 Å². The second-order valence-electron chi connectivity index (χ2n) is 8.60. The van der Waals surface area contributed by atoms with Crippen LogP contribution < -0.4 is 17.0 Å². The number of carbonyl (C=O) groups excluding carboxylic acids is 1. The molecule has 8 nitrogen and oxygen atoms in total. The van der Waals surface area contributed by atoms with Crippen molar-refractivity contribution in [1.29, 1.82) is 5.41 Å². The Morgan fingerprint density at radius 3 is 2.26 bits per heavy atom. The minimum Gasteiger partial charge on any atom is -0.494 e. The molecule has 3 aliphatic rings. The maximum atomic E-state index is 13.1. The lowest BCUT2D eigenvalue weighted by molar-refractivity contribution is -0.135. The van der Waals surface area contributed by atoms with Crippen LogP contribution in [0.15, 0.2) is 9.59 Å². The molecule has 1 spiro atoms. The molecule has 0 bridgehead atoms. The highest BCUT2D eigenvalue weighted by atomic mass is 16.3. The molecular weight excluding hydrogens is 348 g/mol. The summed E-state index contributed by atoms with van der Waals surface area (Å²) in [5.41, 5.74) is 4.14. The van der Waals surface area contributed by atoms with E-state index in [-0.39, 0.29) is 22.8 Å². The minimum atomic E-state index is -0.680. The Morgan fingerprint density at radius 1 is 1.15 bits per heavy atom. The number of rotatable bonds is 4. The van der Waals surface area contributed by atoms with Crippen molar-refractivity contribution in [2.24, 2.45) is 17.1 Å². The maximum absolute atomic E-state index is 13.1. The fourth-order valence-corrected chi connectivity index (χ4v) is 4.93. The van der Waals surface area contributed by atoms with Crippen LogP contribution in [0.4, 0.5) is 0 Å². The molecule has 0 unspecified atom stereocenters. The average molecular weight is 374 g/mol. The van der Waals surface area contributed by atoms with Crippen LogP contribution in [0.1, 0.15) is 69.4 Å². The van der Waals surface area contributed by atoms with Crippen LogP contribution in [0.5, 0.6) is 5.88 Å². The summed E-state index contributed by atoms with van der Waals surface area (Å²) < 4.78 is 2.42. The quantitative estimate of drug-likeness (QED) is 0.539. The molecule has 4 rings (SSSR count). The number of ketones is 1. The first-order chi connectivity index (χ1) is 12.8. The Bertz CT molecular complexity index is 907. The van der Waals surface area contributed by atoms with E-state index >= 15 is 0 Å². The van der Waals surface area contributed by atoms with E-state index in [1.54, 1.807) is 0 Å². The first-order valence-electron chi connectivity index (χ1n) is 9.76. The molecule has 0 radical (unpaired) electrons. The molecule has 27 heavy (non-hydrogen) atoms. The zero-order valence-electron chi connectivity index (χ0n) is 15.4. The van der Waals surface area contributed by atoms with Gasteiger partial charge in [0, 0.05) is 25.4 Å². The molecule has 1 heterocycles. The third-order valence-corrected chi connectivity index (χ3v) is 6.81. The van der Waals surface area contributed by atoms with Gasteiger partial charge in [-0.05, 0) is 49.9 Å². The highest BCUT2D eigenvalue weighted by molar-refractivity contribution is 5.96. The molecule has 1 aromatic heterocycles. The van der Waals surface area contributed by atoms with Crippen LogP contribution in [-0.4, -0.2) is 25.9 Å². The van der Waals surface area contributed by atoms with Gasteiger partial charge in [0.1, 0.15) is 17.2 Å². The fourth-order valence-electron chi connectivity index (χ4n) is 4.93. The van der Waals surface area contributed by atoms with Crippen LogP contribution in [0, 0.1) is 16.7 Å². The Kier molecular flexibility index (Phi) is 4.24. The van der Waals surface area contributed by atoms with E-state index in [0.29, 0.717) is 38.1 Å². The van der Waals surface area contributed by atoms with Gasteiger partial charge in [-0.2, -0.15) is 0 Å². The van der Waals surface area contributed by atoms with Crippen molar-refractivity contribution >= 4 is 11.6 Å². The van der Waals surface area contributed by atoms with Gasteiger partial charge in [-0.25, -0.2) is 4.79 Å². The molecular formula is C19H26N4O4. The third kappa shape index (κ3) is 2.91. The molecule has 3 fully saturated rings. The van der Waals surface area contributed by atoms with Gasteiger partial charge in [0.15, 0.2) is 0 Å². The first-order valence-corrected chi connectivity index (χ1v) is 9.76. The Balaban J connectivity index is 1.71. The van der Waals surface area contributed by atoms with Gasteiger partial charge in [-0.15, -0.1) is 0 Å². The summed E-state index contributed by atoms with van der Waals surface area (Å²) in [5, 5.41) is 18.2. The monoisotopic (exact) mass is 374 g/mol. The predicted molar refractivity (Wildman–Crippen MR) is 99.2 cm³/mol. The summed E-state index contributed by atoms with van der Waals surface area (Å²) in [6.07, 6.45) is 7.21. The zero-order chi connectivity index (χ0) is 19.3. The number of aromatic hydroxyl groups is 1. The third-order valence-electron chi connectivity index (χ3n) is 6.81. The minimum absolute atomic E-state index is 0.0580. The average Bonchev–Trinajstić information content (AvgIpc) is 2.53. The highest BCUT2D eigenvalue weighted by Crippen LogP contribution is 2.51. The maximum Gasteiger partial charge on any atom is 0.334 e. The molecule has 0 saturated heterocycles. The number of carbonyl (C=O) groups is 1. The molecule has 0 atom stereocenters. The summed E-state index contributed by atoms with van der Waals surface area (Å²) in [6.45, 7) is 0.344. The van der Waals surface area contributed by atoms with Crippen LogP contribution in [0.25, 0.3) is 0 Å². The second-order valence-corrected chi connectivity index (χ2v) is 8.60. The Hall–Kier alpha value is -2.38. The van der Waals surface area contributed by atoms with Gasteiger partial charge in [0.2, 0.25) is 5.88 Å². The summed E-state index contributed by atoms with van der Waals surface area (Å²) in [6, 6.07) is -0.280. The molecule has 0 aliphatic heterocycles. The second kappa shape index (κ2) is 6.35. The summed E-state index contributed by atoms with van der Waals surface area (Å²) in [4.78, 5) is 37.3. The van der Waals surface area contributed by atoms with Gasteiger partial charge in [0.05, 0.1) is 0 Å². The van der Waals surface area contributed by atoms with Crippen molar-refractivity contribution < 1.29 is 9.90 Å². The number of nitrogens with one attached hydrogen (secondary N) is 1. The first kappa shape index (κ1) is 18.0. The number of hydrogen-bond donors (Lipinski definition) is 3. The molecule has 0 amide bonds. The molecule has 1 aromatic rings. The molecule has 3 aliphatic carbocycles. The number of nitrogen functional groups attached to an aromatic ring is 1. The summed E-state index contributed by atoms with van der Waals surface area (Å²) in [5.74, 6) is -0.421. The van der Waals surface area contributed by atoms with E-state index in [9.17, 15) is 19.5 Å². The van der Waals surface area contributed by atoms with Crippen LogP contribution in [0.2, 0.25) is 0 Å². The van der Waals surface area contributed by atoms with E-state index in [0.717, 1.165) is 32.1 Å². The molecule has 0 aromatic carbocycles. The number of nitrogens with zero attached hydrogens (tertiary/aromatic N) is 2. The van der Waals surface area contributed by atoms with Crippen LogP contribution in [-0.2, 0) is 11.3 Å². The van der Waals surface area contributed by atoms with Crippen LogP contribution in [0.3, 0.4) is 0 Å². The SMILES string of the molecule is N=C(N)c1c(O)n(CC2CCC2)c(=O)n(C2CCC3(CC2)CC(=O)C3)c1=O. The smallest absolute Gasteiger partial charge is 0.334 e. The van der Waals surface area contributed by atoms with E-state index in [1.165, 1.54) is 9.13 Å². The lowest BCUT2D eigenvalue weighted by atomic mass is 9.59. The van der Waals surface area contributed by atoms with E-state index < -0.39 is 23.0 Å². The van der Waals surface area contributed by atoms with Gasteiger partial charge in [0.25, 0.3) is 5.56 Å². The fraction of sp³-hybridized carbons (Fsp3) is 0.684. The molecule has 3 saturated carbocycles. The number of nitrogens with two attached hydrogens (primary N) is 1. The standard InChI is InChI=1S/C19H26N4O4/c20-15(21)14-16(25)22(10-11-2-1-3-11)18(27)23(17(14)26)12-4-6-19(7-5-12)8-13(24)9-19/h11-12,25H,1-10H2,(H3,20,21). The number of aromatic nitrogens is 2. The van der Waals surface area contributed by atoms with Crippen molar-refractivity contribution in [3.05, 3.63) is 26.4 Å². The lowest BCUT2D eigenvalue weighted by Crippen LogP contribution is -2.48. The normalized spacial score (nSPS) is 22.4. The van der Waals surface area contributed by atoms with E-state index in [1.807, 2.05) is 0 Å². The van der Waals surface area contributed by atoms with Crippen molar-refractivity contribution in [2.45, 2.75) is 70.4 Å². The van der Waals surface area contributed by atoms with Crippen LogP contribution >= 0.6 is 0 Å². The van der Waals surface area contributed by atoms with Gasteiger partial charge in [-0.1, -0.05) is 6.42 Å². The Morgan fingerprint density at radius 2 is 1.78 bits per heavy atom. The largest absolute Gasteiger partial charge is 0.494 e. The van der Waals surface area contributed by atoms with Crippen molar-refractivity contribution in [2.75, 3.05) is 0 Å². The van der Waals surface area contributed by atoms with Crippen molar-refractivity contribution in [1.82, 2.24) is 9.13 Å². The topological polar surface area (TPSA) is 131 Å². The molecule has 4 N–H and O–H groups in total. The zero-order valence-corrected chi connectivity index (χ0v) is 15.4. The summed E-state index contributed by atoms with van der Waals surface area (Å²) in [7, 11) is 0. The van der Waals surface area contributed by atoms with Crippen molar-refractivity contribution in [3.63, 3.8) is 0 Å². The lowest BCUT2D eigenvalue weighted by Gasteiger charge is -2.45. The number of amidine groups is 1. The molecule has 146 valence electrons. The van der Waals surface area contributed by atoms with E-state index in [4.69, 9.17) is 11.1 Å². The Labute approximate surface area is 156 Å². The summed E-state index contributed by atoms with van der Waals surface area (Å²) >= 11 is 0. The van der Waals surface area contributed by atoms with Gasteiger partial charge >= 0.3 is 5.69 Å². The highest BCUT2D eigenvalue weighted by Gasteiger charge is 2.46. The predicted octanol–water partition coefficient (Wildman–Crippen LogP) is 1.26. The van der Waals surface area contributed by atoms with Gasteiger partial charge < -0.3 is 10.8 Å². The van der Waals surface area contributed by atoms with E-state index in [2.05, 4.69) is 0 Å². The van der Waals surface area contributed by atoms with Crippen molar-refractivity contribution in [3.8, 4) is 5.88 Å². The number of Topliss-reactive ketones (excluding diaryl/α,β-unsaturated/α-hetero) is 1. The number of hydrogen-bond acceptors (Lipinski definition) is 5.